The van der Waals surface area contributed by atoms with Gasteiger partial charge in [0, 0.05) is 26.5 Å². The molecule has 1 aromatic carbocycles. The van der Waals surface area contributed by atoms with E-state index in [0.717, 1.165) is 0 Å². The summed E-state index contributed by atoms with van der Waals surface area (Å²) < 4.78 is 24.9. The van der Waals surface area contributed by atoms with Crippen molar-refractivity contribution in [2.45, 2.75) is 26.0 Å². The number of nitrogens with zero attached hydrogens (tertiary/aromatic N) is 2. The van der Waals surface area contributed by atoms with Crippen LogP contribution < -0.4 is 15.1 Å². The number of ketones is 1. The van der Waals surface area contributed by atoms with Crippen molar-refractivity contribution in [3.05, 3.63) is 24.0 Å². The van der Waals surface area contributed by atoms with Crippen LogP contribution in [0.25, 0.3) is 0 Å². The molecule has 0 radical (unpaired) electrons. The van der Waals surface area contributed by atoms with Crippen molar-refractivity contribution in [1.29, 1.82) is 0 Å². The van der Waals surface area contributed by atoms with Gasteiger partial charge in [0.05, 0.1) is 30.5 Å². The van der Waals surface area contributed by atoms with Crippen molar-refractivity contribution in [2.24, 2.45) is 5.92 Å². The summed E-state index contributed by atoms with van der Waals surface area (Å²) in [6.45, 7) is 4.29. The number of nitrogens with one attached hydrogen (secondary N) is 1. The molecular weight excluding hydrogens is 369 g/mol. The highest BCUT2D eigenvalue weighted by molar-refractivity contribution is 5.92. The van der Waals surface area contributed by atoms with E-state index in [0.29, 0.717) is 17.9 Å². The highest BCUT2D eigenvalue weighted by Crippen LogP contribution is 2.35. The van der Waals surface area contributed by atoms with E-state index in [1.54, 1.807) is 17.0 Å². The summed E-state index contributed by atoms with van der Waals surface area (Å²) in [5.41, 5.74) is 0.684. The number of ether oxygens (including phenoxy) is 2. The van der Waals surface area contributed by atoms with Crippen LogP contribution in [-0.4, -0.2) is 63.3 Å². The topological polar surface area (TPSA) is 88.2 Å². The molecule has 0 bridgehead atoms. The highest BCUT2D eigenvalue weighted by atomic mass is 19.1. The number of cyclic esters (lactones) is 1. The molecule has 2 saturated heterocycles. The second-order valence-corrected chi connectivity index (χ2v) is 7.16. The smallest absolute Gasteiger partial charge is 0.414 e. The van der Waals surface area contributed by atoms with Gasteiger partial charge in [0.1, 0.15) is 18.5 Å². The zero-order valence-corrected chi connectivity index (χ0v) is 16.1. The van der Waals surface area contributed by atoms with Gasteiger partial charge in [-0.1, -0.05) is 6.92 Å². The van der Waals surface area contributed by atoms with Crippen molar-refractivity contribution in [1.82, 2.24) is 5.32 Å². The van der Waals surface area contributed by atoms with E-state index in [1.807, 2.05) is 6.92 Å². The van der Waals surface area contributed by atoms with E-state index < -0.39 is 24.1 Å². The first kappa shape index (κ1) is 20.1. The molecule has 1 N–H and O–H groups in total. The number of rotatable bonds is 7. The largest absolute Gasteiger partial charge is 0.442 e. The van der Waals surface area contributed by atoms with Gasteiger partial charge in [-0.3, -0.25) is 14.5 Å². The lowest BCUT2D eigenvalue weighted by Gasteiger charge is -2.47. The number of carbonyl (C=O) groups is 3. The van der Waals surface area contributed by atoms with Gasteiger partial charge in [-0.05, 0) is 18.2 Å². The van der Waals surface area contributed by atoms with E-state index in [2.05, 4.69) is 5.32 Å². The molecule has 0 aromatic heterocycles. The fourth-order valence-corrected chi connectivity index (χ4v) is 3.65. The zero-order valence-electron chi connectivity index (χ0n) is 16.1. The maximum atomic E-state index is 14.8. The lowest BCUT2D eigenvalue weighted by atomic mass is 9.86. The normalized spacial score (nSPS) is 24.0. The monoisotopic (exact) mass is 393 g/mol. The summed E-state index contributed by atoms with van der Waals surface area (Å²) in [6, 6.07) is 4.04. The van der Waals surface area contributed by atoms with Gasteiger partial charge in [0.25, 0.3) is 0 Å². The van der Waals surface area contributed by atoms with Crippen LogP contribution in [0.2, 0.25) is 0 Å². The maximum absolute atomic E-state index is 14.8. The molecule has 2 aliphatic rings. The van der Waals surface area contributed by atoms with Crippen LogP contribution in [0.5, 0.6) is 0 Å². The van der Waals surface area contributed by atoms with Crippen molar-refractivity contribution >= 4 is 29.2 Å². The van der Waals surface area contributed by atoms with Crippen LogP contribution in [0.15, 0.2) is 18.2 Å². The Balaban J connectivity index is 1.72. The van der Waals surface area contributed by atoms with Crippen LogP contribution in [0.1, 0.15) is 13.8 Å². The fourth-order valence-electron chi connectivity index (χ4n) is 3.65. The third kappa shape index (κ3) is 3.94. The number of amides is 2. The minimum Gasteiger partial charge on any atom is -0.442 e. The Kier molecular flexibility index (Phi) is 5.83. The van der Waals surface area contributed by atoms with E-state index >= 15 is 0 Å². The number of hydrogen-bond acceptors (Lipinski definition) is 6. The molecule has 0 unspecified atom stereocenters. The summed E-state index contributed by atoms with van der Waals surface area (Å²) in [4.78, 5) is 38.3. The number of carbonyl (C=O) groups excluding carboxylic acids is 3. The molecule has 0 saturated carbocycles. The SMILES string of the molecule is COCC(=O)[C@@H]1[C@@H](C)CN1c1ccc(N2C[C@H](CNC(C)=O)OC2=O)cc1F. The molecule has 3 atom stereocenters. The summed E-state index contributed by atoms with van der Waals surface area (Å²) in [6.07, 6.45) is -1.08. The lowest BCUT2D eigenvalue weighted by molar-refractivity contribution is -0.126. The van der Waals surface area contributed by atoms with Crippen molar-refractivity contribution in [2.75, 3.05) is 43.2 Å². The van der Waals surface area contributed by atoms with Crippen molar-refractivity contribution in [3.63, 3.8) is 0 Å². The molecular formula is C19H24FN3O5. The van der Waals surface area contributed by atoms with E-state index in [-0.39, 0.29) is 37.3 Å². The fraction of sp³-hybridized carbons (Fsp3) is 0.526. The van der Waals surface area contributed by atoms with E-state index in [1.165, 1.54) is 25.0 Å². The third-order valence-corrected chi connectivity index (χ3v) is 4.98. The quantitative estimate of drug-likeness (QED) is 0.752. The molecule has 2 aliphatic heterocycles. The minimum atomic E-state index is -0.590. The molecule has 9 heteroatoms. The molecule has 2 heterocycles. The van der Waals surface area contributed by atoms with E-state index in [9.17, 15) is 18.8 Å². The average molecular weight is 393 g/mol. The molecule has 2 amide bonds. The molecule has 2 fully saturated rings. The lowest BCUT2D eigenvalue weighted by Crippen LogP contribution is -2.60. The molecule has 0 aliphatic carbocycles. The number of Topliss-reactive ketones (excluding diaryl/α,β-unsaturated/α-hetero) is 1. The number of hydrogen-bond donors (Lipinski definition) is 1. The molecule has 1 aromatic rings. The van der Waals surface area contributed by atoms with Crippen molar-refractivity contribution < 1.29 is 28.2 Å². The van der Waals surface area contributed by atoms with Gasteiger partial charge in [-0.2, -0.15) is 0 Å². The Hall–Kier alpha value is -2.68. The van der Waals surface area contributed by atoms with Crippen LogP contribution >= 0.6 is 0 Å². The first-order valence-electron chi connectivity index (χ1n) is 9.12. The number of methoxy groups -OCH3 is 1. The number of halogens is 1. The van der Waals surface area contributed by atoms with Crippen LogP contribution in [0.3, 0.4) is 0 Å². The average Bonchev–Trinajstić information content (AvgIpc) is 2.99. The van der Waals surface area contributed by atoms with Crippen LogP contribution in [0.4, 0.5) is 20.6 Å². The second-order valence-electron chi connectivity index (χ2n) is 7.16. The Bertz CT molecular complexity index is 787. The minimum absolute atomic E-state index is 0.0134. The predicted molar refractivity (Wildman–Crippen MR) is 99.9 cm³/mol. The van der Waals surface area contributed by atoms with E-state index in [4.69, 9.17) is 9.47 Å². The zero-order chi connectivity index (χ0) is 20.4. The third-order valence-electron chi connectivity index (χ3n) is 4.98. The first-order valence-corrected chi connectivity index (χ1v) is 9.12. The molecule has 28 heavy (non-hydrogen) atoms. The molecule has 0 spiro atoms. The van der Waals surface area contributed by atoms with Gasteiger partial charge in [0.2, 0.25) is 5.91 Å². The summed E-state index contributed by atoms with van der Waals surface area (Å²) >= 11 is 0. The Morgan fingerprint density at radius 1 is 1.36 bits per heavy atom. The predicted octanol–water partition coefficient (Wildman–Crippen LogP) is 1.33. The Morgan fingerprint density at radius 3 is 2.71 bits per heavy atom. The summed E-state index contributed by atoms with van der Waals surface area (Å²) in [5, 5.41) is 2.59. The van der Waals surface area contributed by atoms with Crippen LogP contribution in [0, 0.1) is 11.7 Å². The number of benzene rings is 1. The summed E-state index contributed by atoms with van der Waals surface area (Å²) in [5.74, 6) is -0.706. The Labute approximate surface area is 162 Å². The van der Waals surface area contributed by atoms with Gasteiger partial charge in [-0.15, -0.1) is 0 Å². The van der Waals surface area contributed by atoms with Crippen LogP contribution in [-0.2, 0) is 19.1 Å². The first-order chi connectivity index (χ1) is 13.3. The molecule has 3 rings (SSSR count). The highest BCUT2D eigenvalue weighted by Gasteiger charge is 2.42. The van der Waals surface area contributed by atoms with Gasteiger partial charge in [-0.25, -0.2) is 9.18 Å². The second kappa shape index (κ2) is 8.14. The standard InChI is InChI=1S/C19H24FN3O5/c1-11-8-23(18(11)17(25)10-27-3)16-5-4-13(6-15(16)20)22-9-14(28-19(22)26)7-21-12(2)24/h4-6,11,14,18H,7-10H2,1-3H3,(H,21,24)/t11-,14-,18-/m0/s1. The summed E-state index contributed by atoms with van der Waals surface area (Å²) in [7, 11) is 1.45. The molecule has 8 nitrogen and oxygen atoms in total. The Morgan fingerprint density at radius 2 is 2.11 bits per heavy atom. The maximum Gasteiger partial charge on any atom is 0.414 e. The van der Waals surface area contributed by atoms with Crippen molar-refractivity contribution in [3.8, 4) is 0 Å². The van der Waals surface area contributed by atoms with Gasteiger partial charge in [0.15, 0.2) is 5.78 Å². The number of anilines is 2. The van der Waals surface area contributed by atoms with Gasteiger partial charge < -0.3 is 19.7 Å². The van der Waals surface area contributed by atoms with Gasteiger partial charge >= 0.3 is 6.09 Å². The molecule has 152 valence electrons.